The summed E-state index contributed by atoms with van der Waals surface area (Å²) in [4.78, 5) is 58.3. The highest BCUT2D eigenvalue weighted by Gasteiger charge is 2.31. The van der Waals surface area contributed by atoms with Gasteiger partial charge < -0.3 is 47.0 Å². The number of amides is 3. The number of aromatic hydroxyl groups is 1. The number of carboxylic acid groups (broad SMARTS) is 1. The van der Waals surface area contributed by atoms with E-state index in [1.54, 1.807) is 12.4 Å². The Bertz CT molecular complexity index is 1880. The van der Waals surface area contributed by atoms with Crippen LogP contribution in [0.3, 0.4) is 0 Å². The average molecular weight is 641 g/mol. The van der Waals surface area contributed by atoms with Gasteiger partial charge in [0, 0.05) is 47.0 Å². The van der Waals surface area contributed by atoms with Gasteiger partial charge in [0.1, 0.15) is 23.9 Å². The van der Waals surface area contributed by atoms with E-state index in [-0.39, 0.29) is 25.0 Å². The molecule has 5 rings (SSSR count). The van der Waals surface area contributed by atoms with Crippen LogP contribution >= 0.6 is 0 Å². The van der Waals surface area contributed by atoms with Crippen LogP contribution in [0.2, 0.25) is 0 Å². The van der Waals surface area contributed by atoms with E-state index < -0.39 is 54.5 Å². The molecular weight excluding hydrogens is 604 g/mol. The van der Waals surface area contributed by atoms with Crippen LogP contribution < -0.4 is 21.7 Å². The smallest absolute Gasteiger partial charge is 0.326 e. The van der Waals surface area contributed by atoms with Crippen LogP contribution in [-0.4, -0.2) is 79.8 Å². The maximum atomic E-state index is 13.7. The topological polar surface area (TPSA) is 223 Å². The van der Waals surface area contributed by atoms with Crippen LogP contribution in [-0.2, 0) is 38.4 Å². The predicted octanol–water partition coefficient (Wildman–Crippen LogP) is 1.24. The van der Waals surface area contributed by atoms with Crippen molar-refractivity contribution in [3.8, 4) is 5.75 Å². The Morgan fingerprint density at radius 2 is 1.17 bits per heavy atom. The van der Waals surface area contributed by atoms with Crippen LogP contribution in [0, 0.1) is 0 Å². The van der Waals surface area contributed by atoms with Gasteiger partial charge >= 0.3 is 5.97 Å². The van der Waals surface area contributed by atoms with Gasteiger partial charge in [0.25, 0.3) is 0 Å². The second-order valence-electron chi connectivity index (χ2n) is 11.3. The fourth-order valence-electron chi connectivity index (χ4n) is 5.45. The number of carbonyl (C=O) groups excluding carboxylic acids is 3. The maximum absolute atomic E-state index is 13.7. The first-order valence-corrected chi connectivity index (χ1v) is 15.0. The molecule has 244 valence electrons. The van der Waals surface area contributed by atoms with Crippen LogP contribution in [0.4, 0.5) is 0 Å². The fraction of sp³-hybridized carbons (Fsp3) is 0.235. The third kappa shape index (κ3) is 7.95. The van der Waals surface area contributed by atoms with E-state index in [1.165, 1.54) is 24.3 Å². The summed E-state index contributed by atoms with van der Waals surface area (Å²) in [5.41, 5.74) is 10.1. The number of aromatic nitrogens is 2. The minimum Gasteiger partial charge on any atom is -0.508 e. The Morgan fingerprint density at radius 1 is 0.660 bits per heavy atom. The summed E-state index contributed by atoms with van der Waals surface area (Å²) in [6.07, 6.45) is 3.61. The Balaban J connectivity index is 1.31. The summed E-state index contributed by atoms with van der Waals surface area (Å²) in [5.74, 6) is -3.63. The van der Waals surface area contributed by atoms with E-state index in [9.17, 15) is 34.5 Å². The lowest BCUT2D eigenvalue weighted by molar-refractivity contribution is -0.142. The number of aliphatic hydroxyl groups is 1. The first kappa shape index (κ1) is 32.7. The lowest BCUT2D eigenvalue weighted by atomic mass is 10.0. The second-order valence-corrected chi connectivity index (χ2v) is 11.3. The number of carbonyl (C=O) groups is 4. The van der Waals surface area contributed by atoms with Crippen molar-refractivity contribution in [2.45, 2.75) is 43.4 Å². The van der Waals surface area contributed by atoms with Crippen molar-refractivity contribution in [2.75, 3.05) is 6.61 Å². The molecule has 0 bridgehead atoms. The Labute approximate surface area is 269 Å². The molecule has 13 nitrogen and oxygen atoms in total. The van der Waals surface area contributed by atoms with Gasteiger partial charge in [-0.2, -0.15) is 0 Å². The molecule has 0 spiro atoms. The summed E-state index contributed by atoms with van der Waals surface area (Å²) in [7, 11) is 0. The second kappa shape index (κ2) is 14.6. The summed E-state index contributed by atoms with van der Waals surface area (Å²) < 4.78 is 0. The largest absolute Gasteiger partial charge is 0.508 e. The fourth-order valence-corrected chi connectivity index (χ4v) is 5.45. The molecule has 3 aromatic carbocycles. The Hall–Kier alpha value is -5.66. The number of fused-ring (bicyclic) bond motifs is 2. The van der Waals surface area contributed by atoms with E-state index in [0.717, 1.165) is 32.9 Å². The number of nitrogens with one attached hydrogen (secondary N) is 5. The van der Waals surface area contributed by atoms with Crippen molar-refractivity contribution in [1.29, 1.82) is 0 Å². The molecule has 0 radical (unpaired) electrons. The number of benzene rings is 3. The average Bonchev–Trinajstić information content (AvgIpc) is 3.67. The quantitative estimate of drug-likeness (QED) is 0.0857. The third-order valence-electron chi connectivity index (χ3n) is 7.99. The normalized spacial score (nSPS) is 13.8. The number of phenols is 1. The number of aliphatic carboxylic acids is 1. The number of para-hydroxylation sites is 2. The number of carboxylic acids is 1. The number of H-pyrrole nitrogens is 2. The van der Waals surface area contributed by atoms with Crippen molar-refractivity contribution in [2.24, 2.45) is 5.73 Å². The zero-order chi connectivity index (χ0) is 33.5. The minimum atomic E-state index is -1.52. The number of rotatable bonds is 14. The van der Waals surface area contributed by atoms with Crippen molar-refractivity contribution in [3.63, 3.8) is 0 Å². The molecule has 0 saturated heterocycles. The summed E-state index contributed by atoms with van der Waals surface area (Å²) in [6, 6.07) is 15.7. The number of aromatic amines is 2. The van der Waals surface area contributed by atoms with Gasteiger partial charge in [-0.1, -0.05) is 48.5 Å². The van der Waals surface area contributed by atoms with Crippen LogP contribution in [0.5, 0.6) is 5.75 Å². The number of hydrogen-bond acceptors (Lipinski definition) is 7. The zero-order valence-electron chi connectivity index (χ0n) is 25.3. The highest BCUT2D eigenvalue weighted by atomic mass is 16.4. The number of hydrogen-bond donors (Lipinski definition) is 9. The lowest BCUT2D eigenvalue weighted by Gasteiger charge is -2.24. The monoisotopic (exact) mass is 640 g/mol. The standard InChI is InChI=1S/C34H36N6O7/c35-25(14-20-16-36-26-7-3-1-5-23(20)26)31(43)38-28(15-21-17-37-27-8-4-2-6-24(21)27)32(44)40-30(18-41)33(45)39-29(34(46)47)13-19-9-11-22(42)12-10-19/h1-12,16-17,25,28-30,36-37,41-42H,13-15,18,35H2,(H,38,43)(H,39,45)(H,40,44)(H,46,47). The molecule has 2 aromatic heterocycles. The zero-order valence-corrected chi connectivity index (χ0v) is 25.3. The summed E-state index contributed by atoms with van der Waals surface area (Å²) >= 11 is 0. The number of aliphatic hydroxyl groups excluding tert-OH is 1. The SMILES string of the molecule is NC(Cc1c[nH]c2ccccc12)C(=O)NC(Cc1c[nH]c2ccccc12)C(=O)NC(CO)C(=O)NC(Cc1ccc(O)cc1)C(=O)O. The summed E-state index contributed by atoms with van der Waals surface area (Å²) in [6.45, 7) is -0.836. The van der Waals surface area contributed by atoms with Gasteiger partial charge in [-0.05, 0) is 47.4 Å². The predicted molar refractivity (Wildman–Crippen MR) is 174 cm³/mol. The maximum Gasteiger partial charge on any atom is 0.326 e. The van der Waals surface area contributed by atoms with E-state index >= 15 is 0 Å². The van der Waals surface area contributed by atoms with Gasteiger partial charge in [-0.3, -0.25) is 14.4 Å². The molecule has 5 aromatic rings. The molecule has 0 aliphatic carbocycles. The van der Waals surface area contributed by atoms with Gasteiger partial charge in [0.15, 0.2) is 0 Å². The molecule has 10 N–H and O–H groups in total. The van der Waals surface area contributed by atoms with E-state index in [2.05, 4.69) is 25.9 Å². The minimum absolute atomic E-state index is 0.000852. The van der Waals surface area contributed by atoms with Crippen molar-refractivity contribution >= 4 is 45.5 Å². The van der Waals surface area contributed by atoms with Crippen LogP contribution in [0.1, 0.15) is 16.7 Å². The van der Waals surface area contributed by atoms with Gasteiger partial charge in [-0.25, -0.2) is 4.79 Å². The van der Waals surface area contributed by atoms with Gasteiger partial charge in [-0.15, -0.1) is 0 Å². The highest BCUT2D eigenvalue weighted by Crippen LogP contribution is 2.21. The molecule has 3 amide bonds. The van der Waals surface area contributed by atoms with Crippen LogP contribution in [0.15, 0.2) is 85.2 Å². The van der Waals surface area contributed by atoms with E-state index in [0.29, 0.717) is 5.56 Å². The molecule has 0 aliphatic heterocycles. The highest BCUT2D eigenvalue weighted by molar-refractivity contribution is 5.95. The Morgan fingerprint density at radius 3 is 1.74 bits per heavy atom. The van der Waals surface area contributed by atoms with Gasteiger partial charge in [0.05, 0.1) is 12.6 Å². The molecule has 13 heteroatoms. The molecule has 4 atom stereocenters. The van der Waals surface area contributed by atoms with Crippen LogP contribution in [0.25, 0.3) is 21.8 Å². The first-order valence-electron chi connectivity index (χ1n) is 15.0. The lowest BCUT2D eigenvalue weighted by Crippen LogP contribution is -2.58. The molecule has 47 heavy (non-hydrogen) atoms. The van der Waals surface area contributed by atoms with Crippen molar-refractivity contribution in [1.82, 2.24) is 25.9 Å². The number of nitrogens with two attached hydrogens (primary N) is 1. The van der Waals surface area contributed by atoms with Crippen molar-refractivity contribution in [3.05, 3.63) is 102 Å². The molecule has 0 aliphatic rings. The van der Waals surface area contributed by atoms with E-state index in [4.69, 9.17) is 5.73 Å². The molecule has 4 unspecified atom stereocenters. The molecular formula is C34H36N6O7. The van der Waals surface area contributed by atoms with Gasteiger partial charge in [0.2, 0.25) is 17.7 Å². The van der Waals surface area contributed by atoms with Crippen molar-refractivity contribution < 1.29 is 34.5 Å². The first-order chi connectivity index (χ1) is 22.6. The molecule has 0 fully saturated rings. The molecule has 2 heterocycles. The molecule has 0 saturated carbocycles. The van der Waals surface area contributed by atoms with E-state index in [1.807, 2.05) is 48.5 Å². The Kier molecular flexibility index (Phi) is 10.2. The third-order valence-corrected chi connectivity index (χ3v) is 7.99. The number of phenolic OH excluding ortho intramolecular Hbond substituents is 1. The summed E-state index contributed by atoms with van der Waals surface area (Å²) in [5, 5.41) is 38.5.